The van der Waals surface area contributed by atoms with Crippen LogP contribution < -0.4 is 0 Å². The van der Waals surface area contributed by atoms with Crippen molar-refractivity contribution in [3.8, 4) is 11.5 Å². The molecule has 0 fully saturated rings. The molecule has 2 nitrogen and oxygen atoms in total. The second-order valence-electron chi connectivity index (χ2n) is 18.1. The number of hydrogen-bond donors (Lipinski definition) is 2. The van der Waals surface area contributed by atoms with E-state index in [1.54, 1.807) is 0 Å². The molecule has 0 unspecified atom stereocenters. The third-order valence-electron chi connectivity index (χ3n) is 11.1. The Morgan fingerprint density at radius 2 is 0.653 bits per heavy atom. The van der Waals surface area contributed by atoms with Crippen LogP contribution in [-0.2, 0) is 29.1 Å². The van der Waals surface area contributed by atoms with Gasteiger partial charge in [-0.2, -0.15) is 0 Å². The van der Waals surface area contributed by atoms with Crippen LogP contribution in [0.15, 0.2) is 24.3 Å². The number of aryl methyl sites for hydroxylation is 2. The molecular weight excluding hydrogens is 597 g/mol. The molecule has 0 amide bonds. The number of phenols is 2. The zero-order valence-corrected chi connectivity index (χ0v) is 34.3. The molecule has 2 heteroatoms. The van der Waals surface area contributed by atoms with Gasteiger partial charge in [-0.15, -0.1) is 0 Å². The van der Waals surface area contributed by atoms with Gasteiger partial charge < -0.3 is 10.2 Å². The van der Waals surface area contributed by atoms with E-state index in [2.05, 4.69) is 93.5 Å². The third-order valence-corrected chi connectivity index (χ3v) is 11.1. The Morgan fingerprint density at radius 1 is 0.388 bits per heavy atom. The molecule has 2 aromatic carbocycles. The molecule has 2 N–H and O–H groups in total. The Bertz CT molecular complexity index is 1110. The summed E-state index contributed by atoms with van der Waals surface area (Å²) in [4.78, 5) is 0. The Kier molecular flexibility index (Phi) is 18.9. The van der Waals surface area contributed by atoms with E-state index in [1.165, 1.54) is 127 Å². The predicted octanol–water partition coefficient (Wildman–Crippen LogP) is 14.9. The van der Waals surface area contributed by atoms with Gasteiger partial charge in [0.05, 0.1) is 0 Å². The van der Waals surface area contributed by atoms with Crippen LogP contribution in [0.1, 0.15) is 231 Å². The minimum Gasteiger partial charge on any atom is -0.507 e. The largest absolute Gasteiger partial charge is 0.507 e. The quantitative estimate of drug-likeness (QED) is 0.109. The van der Waals surface area contributed by atoms with E-state index < -0.39 is 5.41 Å². The van der Waals surface area contributed by atoms with Crippen molar-refractivity contribution < 1.29 is 10.2 Å². The summed E-state index contributed by atoms with van der Waals surface area (Å²) >= 11 is 0. The zero-order valence-electron chi connectivity index (χ0n) is 34.3. The van der Waals surface area contributed by atoms with Crippen LogP contribution in [-0.4, -0.2) is 10.2 Å². The fourth-order valence-corrected chi connectivity index (χ4v) is 7.34. The van der Waals surface area contributed by atoms with Gasteiger partial charge in [-0.05, 0) is 58.8 Å². The molecule has 0 atom stereocenters. The first-order valence-electron chi connectivity index (χ1n) is 20.9. The van der Waals surface area contributed by atoms with Crippen LogP contribution in [0, 0.1) is 0 Å². The molecule has 0 radical (unpaired) electrons. The second kappa shape index (κ2) is 21.4. The van der Waals surface area contributed by atoms with Gasteiger partial charge in [-0.1, -0.05) is 209 Å². The molecule has 0 aliphatic rings. The van der Waals surface area contributed by atoms with Crippen LogP contribution in [0.2, 0.25) is 0 Å². The lowest BCUT2D eigenvalue weighted by atomic mass is 9.71. The highest BCUT2D eigenvalue weighted by Gasteiger charge is 2.34. The number of hydrogen-bond acceptors (Lipinski definition) is 2. The maximum atomic E-state index is 11.9. The molecule has 0 bridgehead atoms. The van der Waals surface area contributed by atoms with E-state index >= 15 is 0 Å². The van der Waals surface area contributed by atoms with Crippen molar-refractivity contribution in [1.29, 1.82) is 0 Å². The fraction of sp³-hybridized carbons (Fsp3) is 0.745. The molecule has 0 aliphatic heterocycles. The molecule has 49 heavy (non-hydrogen) atoms. The Balaban J connectivity index is 2.25. The van der Waals surface area contributed by atoms with E-state index in [1.807, 2.05) is 0 Å². The summed E-state index contributed by atoms with van der Waals surface area (Å²) in [7, 11) is 0. The van der Waals surface area contributed by atoms with Crippen LogP contribution >= 0.6 is 0 Å². The van der Waals surface area contributed by atoms with E-state index in [4.69, 9.17) is 0 Å². The van der Waals surface area contributed by atoms with Gasteiger partial charge in [0.2, 0.25) is 0 Å². The average Bonchev–Trinajstić information content (AvgIpc) is 3.02. The monoisotopic (exact) mass is 677 g/mol. The maximum absolute atomic E-state index is 11.9. The molecular formula is C47H80O2. The van der Waals surface area contributed by atoms with Gasteiger partial charge in [0.1, 0.15) is 11.5 Å². The van der Waals surface area contributed by atoms with Crippen molar-refractivity contribution in [3.05, 3.63) is 57.6 Å². The number of aromatic hydroxyl groups is 2. The van der Waals surface area contributed by atoms with Crippen LogP contribution in [0.4, 0.5) is 0 Å². The summed E-state index contributed by atoms with van der Waals surface area (Å²) in [6.07, 6.45) is 28.0. The molecule has 0 aliphatic carbocycles. The summed E-state index contributed by atoms with van der Waals surface area (Å²) in [5.74, 6) is 0.844. The molecule has 0 spiro atoms. The minimum atomic E-state index is -0.560. The standard InChI is InChI=1S/C47H80O2/c1-11-13-15-17-19-21-23-25-27-29-31-37-33-39(45(3,4)5)35-41(43(37)48)47(9,10)42-36-40(46(6,7)8)34-38(44(42)49)32-30-28-26-24-22-20-18-16-14-12-2/h33-36,48-49H,11-32H2,1-10H3. The van der Waals surface area contributed by atoms with Gasteiger partial charge in [0.25, 0.3) is 0 Å². The van der Waals surface area contributed by atoms with Gasteiger partial charge >= 0.3 is 0 Å². The van der Waals surface area contributed by atoms with Gasteiger partial charge in [0, 0.05) is 16.5 Å². The summed E-state index contributed by atoms with van der Waals surface area (Å²) in [6.45, 7) is 22.6. The van der Waals surface area contributed by atoms with Gasteiger partial charge in [-0.25, -0.2) is 0 Å². The molecule has 0 aromatic heterocycles. The molecule has 2 aromatic rings. The topological polar surface area (TPSA) is 40.5 Å². The van der Waals surface area contributed by atoms with Crippen LogP contribution in [0.3, 0.4) is 0 Å². The lowest BCUT2D eigenvalue weighted by Gasteiger charge is -2.33. The summed E-state index contributed by atoms with van der Waals surface area (Å²) in [5, 5.41) is 23.9. The minimum absolute atomic E-state index is 0.0406. The first-order chi connectivity index (χ1) is 23.1. The van der Waals surface area contributed by atoms with Gasteiger partial charge in [0.15, 0.2) is 0 Å². The van der Waals surface area contributed by atoms with E-state index in [9.17, 15) is 10.2 Å². The normalized spacial score (nSPS) is 12.6. The highest BCUT2D eigenvalue weighted by Crippen LogP contribution is 2.46. The van der Waals surface area contributed by atoms with Gasteiger partial charge in [-0.3, -0.25) is 0 Å². The number of unbranched alkanes of at least 4 members (excludes halogenated alkanes) is 18. The maximum Gasteiger partial charge on any atom is 0.122 e. The van der Waals surface area contributed by atoms with E-state index in [0.717, 1.165) is 47.9 Å². The molecule has 0 saturated carbocycles. The number of rotatable bonds is 24. The third kappa shape index (κ3) is 14.7. The highest BCUT2D eigenvalue weighted by molar-refractivity contribution is 5.58. The van der Waals surface area contributed by atoms with E-state index in [-0.39, 0.29) is 10.8 Å². The van der Waals surface area contributed by atoms with Crippen molar-refractivity contribution in [2.45, 2.75) is 227 Å². The second-order valence-corrected chi connectivity index (χ2v) is 18.1. The summed E-state index contributed by atoms with van der Waals surface area (Å²) in [6, 6.07) is 8.96. The van der Waals surface area contributed by atoms with Crippen molar-refractivity contribution in [3.63, 3.8) is 0 Å². The lowest BCUT2D eigenvalue weighted by Crippen LogP contribution is -2.24. The van der Waals surface area contributed by atoms with Crippen molar-refractivity contribution in [1.82, 2.24) is 0 Å². The Labute approximate surface area is 305 Å². The van der Waals surface area contributed by atoms with Crippen molar-refractivity contribution in [2.24, 2.45) is 0 Å². The Hall–Kier alpha value is -1.96. The van der Waals surface area contributed by atoms with Crippen LogP contribution in [0.25, 0.3) is 0 Å². The van der Waals surface area contributed by atoms with Crippen LogP contribution in [0.5, 0.6) is 11.5 Å². The molecule has 280 valence electrons. The fourth-order valence-electron chi connectivity index (χ4n) is 7.34. The van der Waals surface area contributed by atoms with E-state index in [0.29, 0.717) is 11.5 Å². The smallest absolute Gasteiger partial charge is 0.122 e. The Morgan fingerprint density at radius 3 is 0.918 bits per heavy atom. The predicted molar refractivity (Wildman–Crippen MR) is 217 cm³/mol. The first kappa shape index (κ1) is 43.2. The SMILES string of the molecule is CCCCCCCCCCCCc1cc(C(C)(C)C)cc(C(C)(C)c2cc(C(C)(C)C)cc(CCCCCCCCCCCC)c2O)c1O. The average molecular weight is 677 g/mol. The summed E-state index contributed by atoms with van der Waals surface area (Å²) in [5.41, 5.74) is 5.87. The summed E-state index contributed by atoms with van der Waals surface area (Å²) < 4.78 is 0. The molecule has 0 saturated heterocycles. The zero-order chi connectivity index (χ0) is 36.5. The number of benzene rings is 2. The molecule has 0 heterocycles. The molecule has 2 rings (SSSR count). The van der Waals surface area contributed by atoms with Crippen molar-refractivity contribution in [2.75, 3.05) is 0 Å². The van der Waals surface area contributed by atoms with Crippen molar-refractivity contribution >= 4 is 0 Å². The number of phenolic OH excluding ortho intramolecular Hbond substituents is 2. The first-order valence-corrected chi connectivity index (χ1v) is 20.9. The highest BCUT2D eigenvalue weighted by atomic mass is 16.3. The lowest BCUT2D eigenvalue weighted by molar-refractivity contribution is 0.424.